The zero-order valence-corrected chi connectivity index (χ0v) is 12.5. The van der Waals surface area contributed by atoms with Crippen molar-refractivity contribution in [1.82, 2.24) is 19.9 Å². The minimum absolute atomic E-state index is 0.394. The van der Waals surface area contributed by atoms with Crippen LogP contribution in [0.5, 0.6) is 0 Å². The molecule has 0 atom stereocenters. The van der Waals surface area contributed by atoms with Crippen LogP contribution in [0, 0.1) is 0 Å². The summed E-state index contributed by atoms with van der Waals surface area (Å²) in [5.74, 6) is 0. The molecule has 1 saturated heterocycles. The molecule has 0 radical (unpaired) electrons. The molecule has 0 bridgehead atoms. The lowest BCUT2D eigenvalue weighted by atomic mass is 10.1. The molecular weight excluding hydrogens is 294 g/mol. The highest BCUT2D eigenvalue weighted by atomic mass is 16.2. The SMILES string of the molecule is O=c1ccn(-c2ccc(N3CCNCC3)c3[nH]ccc23)c(=O)[nH]1. The summed E-state index contributed by atoms with van der Waals surface area (Å²) in [4.78, 5) is 31.2. The normalized spacial score (nSPS) is 15.2. The molecule has 7 heteroatoms. The lowest BCUT2D eigenvalue weighted by Crippen LogP contribution is -2.43. The van der Waals surface area contributed by atoms with Gasteiger partial charge in [-0.2, -0.15) is 0 Å². The summed E-state index contributed by atoms with van der Waals surface area (Å²) >= 11 is 0. The van der Waals surface area contributed by atoms with E-state index in [1.54, 1.807) is 0 Å². The molecule has 0 unspecified atom stereocenters. The Morgan fingerprint density at radius 1 is 0.957 bits per heavy atom. The number of benzene rings is 1. The van der Waals surface area contributed by atoms with E-state index >= 15 is 0 Å². The molecule has 23 heavy (non-hydrogen) atoms. The maximum atomic E-state index is 12.1. The number of nitrogens with zero attached hydrogens (tertiary/aromatic N) is 2. The summed E-state index contributed by atoms with van der Waals surface area (Å²) in [7, 11) is 0. The molecule has 3 heterocycles. The van der Waals surface area contributed by atoms with Crippen LogP contribution in [-0.2, 0) is 0 Å². The van der Waals surface area contributed by atoms with E-state index < -0.39 is 11.2 Å². The van der Waals surface area contributed by atoms with E-state index in [1.807, 2.05) is 24.4 Å². The van der Waals surface area contributed by atoms with Gasteiger partial charge in [-0.15, -0.1) is 0 Å². The highest BCUT2D eigenvalue weighted by molar-refractivity contribution is 5.97. The van der Waals surface area contributed by atoms with Crippen LogP contribution in [0.3, 0.4) is 0 Å². The van der Waals surface area contributed by atoms with Crippen LogP contribution in [0.15, 0.2) is 46.2 Å². The summed E-state index contributed by atoms with van der Waals surface area (Å²) in [6.45, 7) is 3.82. The number of hydrogen-bond donors (Lipinski definition) is 3. The van der Waals surface area contributed by atoms with Gasteiger partial charge in [-0.25, -0.2) is 4.79 Å². The van der Waals surface area contributed by atoms with Crippen LogP contribution in [0.1, 0.15) is 0 Å². The summed E-state index contributed by atoms with van der Waals surface area (Å²) in [6, 6.07) is 7.25. The van der Waals surface area contributed by atoms with Crippen LogP contribution in [-0.4, -0.2) is 40.7 Å². The van der Waals surface area contributed by atoms with Crippen molar-refractivity contribution >= 4 is 16.6 Å². The average Bonchev–Trinajstić information content (AvgIpc) is 3.05. The van der Waals surface area contributed by atoms with Gasteiger partial charge in [-0.05, 0) is 18.2 Å². The van der Waals surface area contributed by atoms with Gasteiger partial charge in [0.15, 0.2) is 0 Å². The first-order valence-corrected chi connectivity index (χ1v) is 7.62. The number of aromatic nitrogens is 3. The van der Waals surface area contributed by atoms with Gasteiger partial charge in [0, 0.05) is 50.0 Å². The first-order valence-electron chi connectivity index (χ1n) is 7.62. The van der Waals surface area contributed by atoms with Gasteiger partial charge in [-0.1, -0.05) is 0 Å². The second-order valence-corrected chi connectivity index (χ2v) is 5.59. The first-order chi connectivity index (χ1) is 11.2. The lowest BCUT2D eigenvalue weighted by molar-refractivity contribution is 0.590. The first kappa shape index (κ1) is 13.8. The summed E-state index contributed by atoms with van der Waals surface area (Å²) < 4.78 is 1.46. The smallest absolute Gasteiger partial charge is 0.332 e. The zero-order valence-electron chi connectivity index (χ0n) is 12.5. The molecular formula is C16H17N5O2. The van der Waals surface area contributed by atoms with E-state index in [1.165, 1.54) is 16.8 Å². The molecule has 2 aromatic heterocycles. The van der Waals surface area contributed by atoms with Crippen molar-refractivity contribution in [3.05, 3.63) is 57.5 Å². The highest BCUT2D eigenvalue weighted by Gasteiger charge is 2.16. The number of aromatic amines is 2. The van der Waals surface area contributed by atoms with Crippen LogP contribution in [0.2, 0.25) is 0 Å². The molecule has 3 N–H and O–H groups in total. The van der Waals surface area contributed by atoms with Crippen molar-refractivity contribution in [2.45, 2.75) is 0 Å². The van der Waals surface area contributed by atoms with Crippen molar-refractivity contribution < 1.29 is 0 Å². The molecule has 0 saturated carbocycles. The number of nitrogens with one attached hydrogen (secondary N) is 3. The van der Waals surface area contributed by atoms with Gasteiger partial charge in [0.05, 0.1) is 16.9 Å². The third-order valence-corrected chi connectivity index (χ3v) is 4.22. The number of fused-ring (bicyclic) bond motifs is 1. The third kappa shape index (κ3) is 2.35. The Hall–Kier alpha value is -2.80. The van der Waals surface area contributed by atoms with Gasteiger partial charge in [0.25, 0.3) is 5.56 Å². The third-order valence-electron chi connectivity index (χ3n) is 4.22. The molecule has 7 nitrogen and oxygen atoms in total. The van der Waals surface area contributed by atoms with E-state index in [4.69, 9.17) is 0 Å². The predicted octanol–water partition coefficient (Wildman–Crippen LogP) is 0.417. The Kier molecular flexibility index (Phi) is 3.27. The second-order valence-electron chi connectivity index (χ2n) is 5.59. The predicted molar refractivity (Wildman–Crippen MR) is 89.6 cm³/mol. The molecule has 0 amide bonds. The Labute approximate surface area is 131 Å². The minimum atomic E-state index is -0.435. The number of hydrogen-bond acceptors (Lipinski definition) is 4. The highest BCUT2D eigenvalue weighted by Crippen LogP contribution is 2.30. The van der Waals surface area contributed by atoms with Crippen molar-refractivity contribution in [2.24, 2.45) is 0 Å². The van der Waals surface area contributed by atoms with Gasteiger partial charge in [-0.3, -0.25) is 14.3 Å². The molecule has 0 spiro atoms. The van der Waals surface area contributed by atoms with Crippen molar-refractivity contribution in [3.8, 4) is 5.69 Å². The standard InChI is InChI=1S/C16H17N5O2/c22-14-4-8-21(16(23)19-14)12-1-2-13(15-11(12)3-5-18-15)20-9-6-17-7-10-20/h1-5,8,17-18H,6-7,9-10H2,(H,19,22,23). The van der Waals surface area contributed by atoms with Crippen LogP contribution in [0.4, 0.5) is 5.69 Å². The maximum absolute atomic E-state index is 12.1. The van der Waals surface area contributed by atoms with E-state index in [0.717, 1.165) is 48.5 Å². The number of anilines is 1. The Morgan fingerprint density at radius 2 is 1.74 bits per heavy atom. The second kappa shape index (κ2) is 5.44. The molecule has 118 valence electrons. The van der Waals surface area contributed by atoms with Crippen LogP contribution in [0.25, 0.3) is 16.6 Å². The number of piperazine rings is 1. The fraction of sp³-hybridized carbons (Fsp3) is 0.250. The van der Waals surface area contributed by atoms with Crippen molar-refractivity contribution in [3.63, 3.8) is 0 Å². The minimum Gasteiger partial charge on any atom is -0.367 e. The Morgan fingerprint density at radius 3 is 2.52 bits per heavy atom. The van der Waals surface area contributed by atoms with Crippen molar-refractivity contribution in [2.75, 3.05) is 31.1 Å². The molecule has 4 rings (SSSR count). The molecule has 1 aromatic carbocycles. The van der Waals surface area contributed by atoms with Crippen LogP contribution < -0.4 is 21.5 Å². The number of rotatable bonds is 2. The van der Waals surface area contributed by atoms with Gasteiger partial charge >= 0.3 is 5.69 Å². The molecule has 0 aliphatic carbocycles. The maximum Gasteiger partial charge on any atom is 0.332 e. The van der Waals surface area contributed by atoms with E-state index in [2.05, 4.69) is 20.2 Å². The van der Waals surface area contributed by atoms with Gasteiger partial charge in [0.1, 0.15) is 0 Å². The largest absolute Gasteiger partial charge is 0.367 e. The lowest BCUT2D eigenvalue weighted by Gasteiger charge is -2.30. The molecule has 1 aliphatic rings. The Bertz CT molecular complexity index is 962. The monoisotopic (exact) mass is 311 g/mol. The van der Waals surface area contributed by atoms with Crippen LogP contribution >= 0.6 is 0 Å². The fourth-order valence-electron chi connectivity index (χ4n) is 3.11. The van der Waals surface area contributed by atoms with E-state index in [0.29, 0.717) is 0 Å². The number of H-pyrrole nitrogens is 2. The quantitative estimate of drug-likeness (QED) is 0.640. The average molecular weight is 311 g/mol. The topological polar surface area (TPSA) is 85.9 Å². The molecule has 1 fully saturated rings. The van der Waals surface area contributed by atoms with Crippen molar-refractivity contribution in [1.29, 1.82) is 0 Å². The van der Waals surface area contributed by atoms with E-state index in [9.17, 15) is 9.59 Å². The molecule has 1 aliphatic heterocycles. The summed E-state index contributed by atoms with van der Waals surface area (Å²) in [6.07, 6.45) is 3.38. The summed E-state index contributed by atoms with van der Waals surface area (Å²) in [5.41, 5.74) is 2.06. The van der Waals surface area contributed by atoms with Gasteiger partial charge in [0.2, 0.25) is 0 Å². The summed E-state index contributed by atoms with van der Waals surface area (Å²) in [5, 5.41) is 4.30. The Balaban J connectivity index is 1.88. The zero-order chi connectivity index (χ0) is 15.8. The molecule has 3 aromatic rings. The van der Waals surface area contributed by atoms with Gasteiger partial charge < -0.3 is 15.2 Å². The van der Waals surface area contributed by atoms with E-state index in [-0.39, 0.29) is 0 Å². The fourth-order valence-corrected chi connectivity index (χ4v) is 3.11.